The molecule has 6 nitrogen and oxygen atoms in total. The molecule has 10 heteroatoms. The molecule has 0 N–H and O–H groups in total. The molecule has 2 heterocycles. The normalized spacial score (nSPS) is 17.2. The van der Waals surface area contributed by atoms with Gasteiger partial charge in [0.05, 0.1) is 6.54 Å². The maximum Gasteiger partial charge on any atom is 0.327 e. The highest BCUT2D eigenvalue weighted by Crippen LogP contribution is 2.29. The third-order valence-corrected chi connectivity index (χ3v) is 10.2. The highest BCUT2D eigenvalue weighted by molar-refractivity contribution is 8.00. The van der Waals surface area contributed by atoms with Crippen LogP contribution in [0.25, 0.3) is 0 Å². The largest absolute Gasteiger partial charge is 0.342 e. The van der Waals surface area contributed by atoms with Gasteiger partial charge in [0.15, 0.2) is 5.11 Å². The Labute approximate surface area is 245 Å². The summed E-state index contributed by atoms with van der Waals surface area (Å²) in [6, 6.07) is -0.126. The Bertz CT molecular complexity index is 741. The van der Waals surface area contributed by atoms with Crippen LogP contribution in [0.1, 0.15) is 73.6 Å². The van der Waals surface area contributed by atoms with E-state index in [9.17, 15) is 9.59 Å². The van der Waals surface area contributed by atoms with E-state index in [0.29, 0.717) is 13.1 Å². The molecule has 2 saturated heterocycles. The van der Waals surface area contributed by atoms with Crippen molar-refractivity contribution in [2.24, 2.45) is 10.8 Å². The Morgan fingerprint density at radius 1 is 0.730 bits per heavy atom. The van der Waals surface area contributed by atoms with Crippen LogP contribution < -0.4 is 0 Å². The molecule has 3 amide bonds. The first kappa shape index (κ1) is 32.6. The number of carbonyl (C=O) groups excluding carboxylic acids is 2. The van der Waals surface area contributed by atoms with Crippen molar-refractivity contribution in [3.05, 3.63) is 0 Å². The molecular formula is C27H48N4O2S4. The van der Waals surface area contributed by atoms with E-state index in [4.69, 9.17) is 24.4 Å². The Morgan fingerprint density at radius 2 is 1.22 bits per heavy atom. The van der Waals surface area contributed by atoms with Crippen molar-refractivity contribution in [3.63, 3.8) is 0 Å². The van der Waals surface area contributed by atoms with E-state index in [2.05, 4.69) is 56.2 Å². The van der Waals surface area contributed by atoms with Crippen molar-refractivity contribution in [1.82, 2.24) is 19.6 Å². The zero-order valence-electron chi connectivity index (χ0n) is 23.8. The van der Waals surface area contributed by atoms with E-state index in [1.165, 1.54) is 41.4 Å². The highest BCUT2D eigenvalue weighted by Gasteiger charge is 2.38. The van der Waals surface area contributed by atoms with Crippen LogP contribution in [0.3, 0.4) is 0 Å². The average Bonchev–Trinajstić information content (AvgIpc) is 3.25. The van der Waals surface area contributed by atoms with Crippen molar-refractivity contribution < 1.29 is 9.59 Å². The number of carbonyl (C=O) groups is 2. The molecule has 2 aliphatic heterocycles. The molecule has 0 aromatic heterocycles. The van der Waals surface area contributed by atoms with Crippen LogP contribution in [0, 0.1) is 10.8 Å². The number of hydrogen-bond acceptors (Lipinski definition) is 6. The lowest BCUT2D eigenvalue weighted by molar-refractivity contribution is -0.126. The fourth-order valence-corrected chi connectivity index (χ4v) is 7.50. The predicted octanol–water partition coefficient (Wildman–Crippen LogP) is 5.99. The molecule has 0 aromatic rings. The van der Waals surface area contributed by atoms with E-state index in [1.807, 2.05) is 18.7 Å². The average molecular weight is 589 g/mol. The van der Waals surface area contributed by atoms with Gasteiger partial charge in [-0.2, -0.15) is 23.5 Å². The fraction of sp³-hybridized carbons (Fsp3) is 0.852. The standard InChI is InChI=1S/C27H48N4O2S4/c1-7-28-18-22(32)30(24(28)33)20-26(3,4)12-9-14-36-16-11-17-37-15-10-13-27(5,6)21-31-23(34)19-29(8-2)25(31)35/h7-21H2,1-6H3. The van der Waals surface area contributed by atoms with Gasteiger partial charge in [0.1, 0.15) is 11.5 Å². The van der Waals surface area contributed by atoms with Crippen LogP contribution in [-0.4, -0.2) is 104 Å². The third-order valence-electron chi connectivity index (χ3n) is 7.05. The smallest absolute Gasteiger partial charge is 0.327 e. The second-order valence-corrected chi connectivity index (χ2v) is 15.0. The van der Waals surface area contributed by atoms with Gasteiger partial charge in [0.2, 0.25) is 5.91 Å². The van der Waals surface area contributed by atoms with E-state index in [0.717, 1.165) is 48.3 Å². The lowest BCUT2D eigenvalue weighted by Gasteiger charge is -2.31. The summed E-state index contributed by atoms with van der Waals surface area (Å²) in [5, 5.41) is 0.899. The summed E-state index contributed by atoms with van der Waals surface area (Å²) in [5.41, 5.74) is 0.159. The summed E-state index contributed by atoms with van der Waals surface area (Å²) in [4.78, 5) is 32.9. The van der Waals surface area contributed by atoms with Crippen molar-refractivity contribution >= 4 is 70.0 Å². The number of urea groups is 1. The van der Waals surface area contributed by atoms with Gasteiger partial charge in [0, 0.05) is 26.2 Å². The number of amides is 3. The molecular weight excluding hydrogens is 541 g/mol. The first-order chi connectivity index (χ1) is 17.4. The molecule has 37 heavy (non-hydrogen) atoms. The molecule has 0 radical (unpaired) electrons. The van der Waals surface area contributed by atoms with Gasteiger partial charge in [-0.05, 0) is 92.0 Å². The van der Waals surface area contributed by atoms with Crippen molar-refractivity contribution in [1.29, 1.82) is 0 Å². The zero-order chi connectivity index (χ0) is 27.6. The van der Waals surface area contributed by atoms with Crippen molar-refractivity contribution in [2.75, 3.05) is 62.3 Å². The second-order valence-electron chi connectivity index (χ2n) is 11.7. The van der Waals surface area contributed by atoms with Crippen LogP contribution in [-0.2, 0) is 4.79 Å². The molecule has 2 aliphatic rings. The monoisotopic (exact) mass is 588 g/mol. The molecule has 212 valence electrons. The molecule has 0 bridgehead atoms. The number of hydrogen-bond donors (Lipinski definition) is 0. The summed E-state index contributed by atoms with van der Waals surface area (Å²) in [6.45, 7) is 17.0. The summed E-state index contributed by atoms with van der Waals surface area (Å²) in [5.74, 6) is 4.71. The Morgan fingerprint density at radius 3 is 1.68 bits per heavy atom. The van der Waals surface area contributed by atoms with Crippen molar-refractivity contribution in [2.45, 2.75) is 73.6 Å². The van der Waals surface area contributed by atoms with E-state index in [1.54, 1.807) is 4.90 Å². The topological polar surface area (TPSA) is 47.1 Å². The minimum Gasteiger partial charge on any atom is -0.342 e. The Balaban J connectivity index is 1.49. The zero-order valence-corrected chi connectivity index (χ0v) is 27.1. The second kappa shape index (κ2) is 15.3. The van der Waals surface area contributed by atoms with Gasteiger partial charge in [-0.1, -0.05) is 39.9 Å². The van der Waals surface area contributed by atoms with Crippen LogP contribution in [0.2, 0.25) is 0 Å². The minimum absolute atomic E-state index is 0.0424. The first-order valence-electron chi connectivity index (χ1n) is 13.7. The summed E-state index contributed by atoms with van der Waals surface area (Å²) < 4.78 is 0. The predicted molar refractivity (Wildman–Crippen MR) is 169 cm³/mol. The van der Waals surface area contributed by atoms with Crippen LogP contribution in [0.15, 0.2) is 0 Å². The summed E-state index contributed by atoms with van der Waals surface area (Å²) >= 11 is 15.3. The van der Waals surface area contributed by atoms with Crippen LogP contribution >= 0.6 is 48.0 Å². The van der Waals surface area contributed by atoms with Crippen molar-refractivity contribution in [3.8, 4) is 0 Å². The number of imide groups is 1. The molecule has 0 aromatic carbocycles. The third kappa shape index (κ3) is 10.5. The van der Waals surface area contributed by atoms with Gasteiger partial charge < -0.3 is 14.7 Å². The number of thiocarbonyl (C=S) groups is 2. The molecule has 2 rings (SSSR count). The SMILES string of the molecule is CCN1CC(=O)N(CC(C)(C)CCCSCCCSCCCC(C)(C)CN2C(=S)CN(CC)C2=S)C1=O. The quantitative estimate of drug-likeness (QED) is 0.110. The maximum atomic E-state index is 12.3. The van der Waals surface area contributed by atoms with E-state index in [-0.39, 0.29) is 29.3 Å². The molecule has 2 fully saturated rings. The van der Waals surface area contributed by atoms with Gasteiger partial charge in [-0.15, -0.1) is 0 Å². The lowest BCUT2D eigenvalue weighted by Crippen LogP contribution is -2.39. The molecule has 0 spiro atoms. The molecule has 0 unspecified atom stereocenters. The van der Waals surface area contributed by atoms with Crippen LogP contribution in [0.4, 0.5) is 4.79 Å². The Kier molecular flexibility index (Phi) is 13.5. The van der Waals surface area contributed by atoms with E-state index >= 15 is 0 Å². The molecule has 0 atom stereocenters. The number of rotatable bonds is 18. The number of likely N-dealkylation sites (N-methyl/N-ethyl adjacent to an activating group) is 2. The fourth-order valence-electron chi connectivity index (χ4n) is 4.78. The van der Waals surface area contributed by atoms with Gasteiger partial charge in [-0.3, -0.25) is 9.69 Å². The maximum absolute atomic E-state index is 12.3. The van der Waals surface area contributed by atoms with E-state index < -0.39 is 0 Å². The molecule has 0 aliphatic carbocycles. The van der Waals surface area contributed by atoms with Crippen LogP contribution in [0.5, 0.6) is 0 Å². The highest BCUT2D eigenvalue weighted by atomic mass is 32.2. The number of thioether (sulfide) groups is 2. The van der Waals surface area contributed by atoms with Gasteiger partial charge >= 0.3 is 6.03 Å². The minimum atomic E-state index is -0.126. The lowest BCUT2D eigenvalue weighted by atomic mass is 9.87. The Hall–Kier alpha value is -0.580. The summed E-state index contributed by atoms with van der Waals surface area (Å²) in [7, 11) is 0. The summed E-state index contributed by atoms with van der Waals surface area (Å²) in [6.07, 6.45) is 5.80. The first-order valence-corrected chi connectivity index (χ1v) is 16.9. The number of nitrogens with zero attached hydrogens (tertiary/aromatic N) is 4. The van der Waals surface area contributed by atoms with Gasteiger partial charge in [-0.25, -0.2) is 4.79 Å². The van der Waals surface area contributed by atoms with Gasteiger partial charge in [0.25, 0.3) is 0 Å². The molecule has 0 saturated carbocycles.